The molecule has 6 nitrogen and oxygen atoms in total. The molecular formula is C20H20N4O2. The third-order valence-corrected chi connectivity index (χ3v) is 4.38. The lowest BCUT2D eigenvalue weighted by atomic mass is 10.2. The Labute approximate surface area is 151 Å². The molecular weight excluding hydrogens is 328 g/mol. The Kier molecular flexibility index (Phi) is 4.55. The van der Waals surface area contributed by atoms with Crippen LogP contribution in [0.15, 0.2) is 65.4 Å². The first-order valence-electron chi connectivity index (χ1n) is 8.71. The minimum absolute atomic E-state index is 0.257. The predicted molar refractivity (Wildman–Crippen MR) is 102 cm³/mol. The standard InChI is InChI=1S/C20H20N4O2/c25-20(18-4-3-13-26-18)23-19-10-7-16(14-21-19)22-15-5-8-17(9-6-15)24-11-1-2-12-24/h3-10,13-14,22H,1-2,11-12H2,(H,21,23,25). The zero-order valence-electron chi connectivity index (χ0n) is 14.3. The van der Waals surface area contributed by atoms with E-state index in [2.05, 4.69) is 44.8 Å². The van der Waals surface area contributed by atoms with Crippen LogP contribution >= 0.6 is 0 Å². The van der Waals surface area contributed by atoms with Gasteiger partial charge in [0.25, 0.3) is 5.91 Å². The summed E-state index contributed by atoms with van der Waals surface area (Å²) in [4.78, 5) is 18.6. The molecule has 4 rings (SSSR count). The highest BCUT2D eigenvalue weighted by molar-refractivity contribution is 6.01. The molecule has 1 aromatic carbocycles. The Hall–Kier alpha value is -3.28. The summed E-state index contributed by atoms with van der Waals surface area (Å²) in [6, 6.07) is 15.3. The first kappa shape index (κ1) is 16.2. The number of hydrogen-bond acceptors (Lipinski definition) is 5. The van der Waals surface area contributed by atoms with Gasteiger partial charge in [-0.2, -0.15) is 0 Å². The number of aromatic nitrogens is 1. The van der Waals surface area contributed by atoms with Gasteiger partial charge in [0.05, 0.1) is 18.1 Å². The maximum Gasteiger partial charge on any atom is 0.292 e. The van der Waals surface area contributed by atoms with E-state index in [9.17, 15) is 4.79 Å². The van der Waals surface area contributed by atoms with Gasteiger partial charge in [0, 0.05) is 24.5 Å². The number of nitrogens with zero attached hydrogens (tertiary/aromatic N) is 2. The molecule has 0 spiro atoms. The highest BCUT2D eigenvalue weighted by Gasteiger charge is 2.12. The summed E-state index contributed by atoms with van der Waals surface area (Å²) >= 11 is 0. The van der Waals surface area contributed by atoms with Gasteiger partial charge in [-0.25, -0.2) is 4.98 Å². The average Bonchev–Trinajstić information content (AvgIpc) is 3.38. The first-order chi connectivity index (χ1) is 12.8. The smallest absolute Gasteiger partial charge is 0.292 e. The Bertz CT molecular complexity index is 852. The molecule has 6 heteroatoms. The van der Waals surface area contributed by atoms with E-state index >= 15 is 0 Å². The van der Waals surface area contributed by atoms with Crippen LogP contribution in [0, 0.1) is 0 Å². The van der Waals surface area contributed by atoms with Crippen molar-refractivity contribution in [2.45, 2.75) is 12.8 Å². The number of nitrogens with one attached hydrogen (secondary N) is 2. The molecule has 1 aliphatic rings. The lowest BCUT2D eigenvalue weighted by Gasteiger charge is -2.18. The minimum Gasteiger partial charge on any atom is -0.459 e. The SMILES string of the molecule is O=C(Nc1ccc(Nc2ccc(N3CCCC3)cc2)cn1)c1ccco1. The summed E-state index contributed by atoms with van der Waals surface area (Å²) in [6.07, 6.45) is 5.69. The molecule has 2 N–H and O–H groups in total. The molecule has 0 saturated carbocycles. The van der Waals surface area contributed by atoms with Crippen molar-refractivity contribution in [1.29, 1.82) is 0 Å². The lowest BCUT2D eigenvalue weighted by molar-refractivity contribution is 0.0996. The molecule has 0 atom stereocenters. The molecule has 0 bridgehead atoms. The van der Waals surface area contributed by atoms with Gasteiger partial charge < -0.3 is 20.0 Å². The molecule has 0 aliphatic carbocycles. The zero-order chi connectivity index (χ0) is 17.8. The Morgan fingerprint density at radius 2 is 1.77 bits per heavy atom. The molecule has 1 saturated heterocycles. The summed E-state index contributed by atoms with van der Waals surface area (Å²) in [5.74, 6) is 0.411. The van der Waals surface area contributed by atoms with Gasteiger partial charge in [0.2, 0.25) is 0 Å². The molecule has 0 unspecified atom stereocenters. The molecule has 3 aromatic rings. The summed E-state index contributed by atoms with van der Waals surface area (Å²) in [6.45, 7) is 2.28. The van der Waals surface area contributed by atoms with E-state index in [0.29, 0.717) is 5.82 Å². The van der Waals surface area contributed by atoms with Gasteiger partial charge in [-0.1, -0.05) is 0 Å². The summed E-state index contributed by atoms with van der Waals surface area (Å²) in [7, 11) is 0. The summed E-state index contributed by atoms with van der Waals surface area (Å²) < 4.78 is 5.06. The topological polar surface area (TPSA) is 70.4 Å². The largest absolute Gasteiger partial charge is 0.459 e. The maximum absolute atomic E-state index is 11.9. The van der Waals surface area contributed by atoms with Gasteiger partial charge in [0.15, 0.2) is 5.76 Å². The second-order valence-electron chi connectivity index (χ2n) is 6.23. The average molecular weight is 348 g/mol. The molecule has 1 fully saturated rings. The van der Waals surface area contributed by atoms with Crippen molar-refractivity contribution in [3.63, 3.8) is 0 Å². The molecule has 132 valence electrons. The van der Waals surface area contributed by atoms with Crippen LogP contribution in [-0.4, -0.2) is 24.0 Å². The minimum atomic E-state index is -0.319. The molecule has 26 heavy (non-hydrogen) atoms. The number of anilines is 4. The number of pyridine rings is 1. The first-order valence-corrected chi connectivity index (χ1v) is 8.71. The zero-order valence-corrected chi connectivity index (χ0v) is 14.3. The molecule has 3 heterocycles. The van der Waals surface area contributed by atoms with Gasteiger partial charge in [-0.05, 0) is 61.4 Å². The van der Waals surface area contributed by atoms with Crippen molar-refractivity contribution in [2.75, 3.05) is 28.6 Å². The van der Waals surface area contributed by atoms with Crippen molar-refractivity contribution in [2.24, 2.45) is 0 Å². The number of carbonyl (C=O) groups excluding carboxylic acids is 1. The number of hydrogen-bond donors (Lipinski definition) is 2. The third kappa shape index (κ3) is 3.69. The van der Waals surface area contributed by atoms with Gasteiger partial charge >= 0.3 is 0 Å². The maximum atomic E-state index is 11.9. The third-order valence-electron chi connectivity index (χ3n) is 4.38. The Morgan fingerprint density at radius 3 is 2.42 bits per heavy atom. The van der Waals surface area contributed by atoms with Crippen LogP contribution in [0.5, 0.6) is 0 Å². The monoisotopic (exact) mass is 348 g/mol. The molecule has 1 aliphatic heterocycles. The van der Waals surface area contributed by atoms with Gasteiger partial charge in [0.1, 0.15) is 5.82 Å². The fourth-order valence-electron chi connectivity index (χ4n) is 3.03. The van der Waals surface area contributed by atoms with E-state index in [4.69, 9.17) is 4.42 Å². The predicted octanol–water partition coefficient (Wildman–Crippen LogP) is 4.27. The van der Waals surface area contributed by atoms with E-state index in [1.807, 2.05) is 6.07 Å². The van der Waals surface area contributed by atoms with Crippen molar-refractivity contribution in [3.8, 4) is 0 Å². The number of rotatable bonds is 5. The van der Waals surface area contributed by atoms with Crippen LogP contribution in [-0.2, 0) is 0 Å². The van der Waals surface area contributed by atoms with E-state index in [1.54, 1.807) is 24.4 Å². The number of benzene rings is 1. The molecule has 2 aromatic heterocycles. The number of carbonyl (C=O) groups is 1. The Morgan fingerprint density at radius 1 is 1.00 bits per heavy atom. The van der Waals surface area contributed by atoms with Crippen LogP contribution in [0.2, 0.25) is 0 Å². The highest BCUT2D eigenvalue weighted by atomic mass is 16.3. The highest BCUT2D eigenvalue weighted by Crippen LogP contribution is 2.24. The fraction of sp³-hybridized carbons (Fsp3) is 0.200. The lowest BCUT2D eigenvalue weighted by Crippen LogP contribution is -2.17. The van der Waals surface area contributed by atoms with E-state index < -0.39 is 0 Å². The van der Waals surface area contributed by atoms with Crippen molar-refractivity contribution in [3.05, 3.63) is 66.8 Å². The number of furan rings is 1. The normalized spacial score (nSPS) is 13.6. The number of amides is 1. The van der Waals surface area contributed by atoms with Crippen LogP contribution in [0.25, 0.3) is 0 Å². The quantitative estimate of drug-likeness (QED) is 0.720. The Balaban J connectivity index is 1.37. The van der Waals surface area contributed by atoms with Gasteiger partial charge in [-0.3, -0.25) is 4.79 Å². The second kappa shape index (κ2) is 7.31. The molecule has 0 radical (unpaired) electrons. The fourth-order valence-corrected chi connectivity index (χ4v) is 3.03. The van der Waals surface area contributed by atoms with E-state index in [-0.39, 0.29) is 11.7 Å². The van der Waals surface area contributed by atoms with Crippen LogP contribution in [0.4, 0.5) is 22.9 Å². The van der Waals surface area contributed by atoms with Crippen LogP contribution < -0.4 is 15.5 Å². The van der Waals surface area contributed by atoms with E-state index in [1.165, 1.54) is 24.8 Å². The molecule has 1 amide bonds. The second-order valence-corrected chi connectivity index (χ2v) is 6.23. The van der Waals surface area contributed by atoms with Crippen LogP contribution in [0.1, 0.15) is 23.4 Å². The summed E-state index contributed by atoms with van der Waals surface area (Å²) in [5, 5.41) is 6.01. The summed E-state index contributed by atoms with van der Waals surface area (Å²) in [5.41, 5.74) is 3.12. The van der Waals surface area contributed by atoms with E-state index in [0.717, 1.165) is 24.5 Å². The van der Waals surface area contributed by atoms with Crippen molar-refractivity contribution in [1.82, 2.24) is 4.98 Å². The van der Waals surface area contributed by atoms with Crippen molar-refractivity contribution < 1.29 is 9.21 Å². The van der Waals surface area contributed by atoms with Crippen LogP contribution in [0.3, 0.4) is 0 Å². The van der Waals surface area contributed by atoms with Gasteiger partial charge in [-0.15, -0.1) is 0 Å². The van der Waals surface area contributed by atoms with Crippen molar-refractivity contribution >= 4 is 28.8 Å².